The van der Waals surface area contributed by atoms with E-state index >= 15 is 0 Å². The molecule has 2 nitrogen and oxygen atoms in total. The van der Waals surface area contributed by atoms with Gasteiger partial charge in [0.25, 0.3) is 6.17 Å². The largest absolute Gasteiger partial charge is 0.426 e. The third kappa shape index (κ3) is 6.96. The molecule has 0 spiro atoms. The zero-order valence-corrected chi connectivity index (χ0v) is 19.4. The molecule has 0 saturated heterocycles. The van der Waals surface area contributed by atoms with E-state index in [4.69, 9.17) is 9.47 Å². The van der Waals surface area contributed by atoms with Gasteiger partial charge in [-0.05, 0) is 86.8 Å². The highest BCUT2D eigenvalue weighted by atomic mass is 19.4. The minimum absolute atomic E-state index is 0.113. The molecule has 0 radical (unpaired) electrons. The van der Waals surface area contributed by atoms with Gasteiger partial charge in [-0.1, -0.05) is 12.2 Å². The van der Waals surface area contributed by atoms with Crippen LogP contribution in [0.4, 0.5) is 35.1 Å². The Morgan fingerprint density at radius 1 is 0.886 bits per heavy atom. The molecule has 1 unspecified atom stereocenters. The summed E-state index contributed by atoms with van der Waals surface area (Å²) in [7, 11) is 1.60. The lowest BCUT2D eigenvalue weighted by Crippen LogP contribution is -2.40. The quantitative estimate of drug-likeness (QED) is 0.259. The molecular formula is C25H30F8O2. The summed E-state index contributed by atoms with van der Waals surface area (Å²) in [5, 5.41) is 0. The highest BCUT2D eigenvalue weighted by molar-refractivity contribution is 5.51. The van der Waals surface area contributed by atoms with Gasteiger partial charge in [-0.25, -0.2) is 13.2 Å². The SMILES string of the molecule is COCOC1CCC(C2CCC(/C=C/c3cc(F)c(C(F)(F)C(F)C(F)(F)F)c(F)c3)CC2)CC1. The van der Waals surface area contributed by atoms with Gasteiger partial charge >= 0.3 is 12.1 Å². The van der Waals surface area contributed by atoms with Crippen molar-refractivity contribution in [2.75, 3.05) is 13.9 Å². The van der Waals surface area contributed by atoms with Crippen LogP contribution in [0, 0.1) is 29.4 Å². The van der Waals surface area contributed by atoms with Crippen molar-refractivity contribution in [3.63, 3.8) is 0 Å². The van der Waals surface area contributed by atoms with E-state index in [1.54, 1.807) is 13.2 Å². The summed E-state index contributed by atoms with van der Waals surface area (Å²) in [6.07, 6.45) is 0.639. The number of hydrogen-bond donors (Lipinski definition) is 0. The van der Waals surface area contributed by atoms with Gasteiger partial charge in [-0.2, -0.15) is 22.0 Å². The maximum absolute atomic E-state index is 14.2. The first kappa shape index (κ1) is 27.9. The average Bonchev–Trinajstić information content (AvgIpc) is 2.80. The highest BCUT2D eigenvalue weighted by Crippen LogP contribution is 2.44. The van der Waals surface area contributed by atoms with Crippen LogP contribution in [0.2, 0.25) is 0 Å². The van der Waals surface area contributed by atoms with Gasteiger partial charge in [0.2, 0.25) is 0 Å². The Bertz CT molecular complexity index is 831. The van der Waals surface area contributed by atoms with Gasteiger partial charge in [0, 0.05) is 7.11 Å². The molecule has 0 heterocycles. The fraction of sp³-hybridized carbons (Fsp3) is 0.680. The van der Waals surface area contributed by atoms with Gasteiger partial charge < -0.3 is 9.47 Å². The number of ether oxygens (including phenoxy) is 2. The Morgan fingerprint density at radius 2 is 1.40 bits per heavy atom. The van der Waals surface area contributed by atoms with Crippen LogP contribution in [0.15, 0.2) is 18.2 Å². The number of benzene rings is 1. The van der Waals surface area contributed by atoms with E-state index in [1.165, 1.54) is 6.08 Å². The third-order valence-corrected chi connectivity index (χ3v) is 7.19. The second kappa shape index (κ2) is 11.6. The van der Waals surface area contributed by atoms with Crippen LogP contribution < -0.4 is 0 Å². The smallest absolute Gasteiger partial charge is 0.359 e. The van der Waals surface area contributed by atoms with Crippen molar-refractivity contribution in [1.82, 2.24) is 0 Å². The lowest BCUT2D eigenvalue weighted by atomic mass is 9.70. The highest BCUT2D eigenvalue weighted by Gasteiger charge is 2.59. The van der Waals surface area contributed by atoms with Crippen molar-refractivity contribution in [2.45, 2.75) is 75.7 Å². The number of halogens is 8. The molecule has 3 rings (SSSR count). The number of methoxy groups -OCH3 is 1. The number of hydrogen-bond acceptors (Lipinski definition) is 2. The fourth-order valence-corrected chi connectivity index (χ4v) is 5.29. The average molecular weight is 514 g/mol. The van der Waals surface area contributed by atoms with Crippen LogP contribution in [-0.2, 0) is 15.4 Å². The Balaban J connectivity index is 1.56. The molecule has 35 heavy (non-hydrogen) atoms. The standard InChI is InChI=1S/C25H30F8O2/c1-34-14-35-19-10-8-18(9-11-19)17-6-4-15(5-7-17)2-3-16-12-20(26)22(21(27)13-16)24(29,30)23(28)25(31,32)33/h2-3,12-13,15,17-19,23H,4-11,14H2,1H3/b3-2+. The number of alkyl halides is 6. The van der Waals surface area contributed by atoms with Gasteiger partial charge in [-0.3, -0.25) is 0 Å². The summed E-state index contributed by atoms with van der Waals surface area (Å²) in [4.78, 5) is 0. The molecule has 0 bridgehead atoms. The first-order valence-corrected chi connectivity index (χ1v) is 11.8. The van der Waals surface area contributed by atoms with Gasteiger partial charge in [-0.15, -0.1) is 0 Å². The Hall–Kier alpha value is -1.68. The molecule has 0 aliphatic heterocycles. The summed E-state index contributed by atoms with van der Waals surface area (Å²) in [5.74, 6) is -7.86. The summed E-state index contributed by atoms with van der Waals surface area (Å²) in [6.45, 7) is 0.301. The van der Waals surface area contributed by atoms with Gasteiger partial charge in [0.1, 0.15) is 18.4 Å². The molecule has 1 aromatic carbocycles. The third-order valence-electron chi connectivity index (χ3n) is 7.19. The molecule has 1 atom stereocenters. The maximum Gasteiger partial charge on any atom is 0.426 e. The lowest BCUT2D eigenvalue weighted by Gasteiger charge is -2.37. The van der Waals surface area contributed by atoms with Crippen LogP contribution in [0.5, 0.6) is 0 Å². The first-order chi connectivity index (χ1) is 16.4. The molecule has 2 aliphatic carbocycles. The molecular weight excluding hydrogens is 484 g/mol. The summed E-state index contributed by atoms with van der Waals surface area (Å²) >= 11 is 0. The molecule has 198 valence electrons. The predicted molar refractivity (Wildman–Crippen MR) is 114 cm³/mol. The van der Waals surface area contributed by atoms with Crippen molar-refractivity contribution in [3.8, 4) is 0 Å². The van der Waals surface area contributed by atoms with E-state index in [0.717, 1.165) is 51.4 Å². The molecule has 10 heteroatoms. The number of rotatable bonds is 8. The Morgan fingerprint density at radius 3 is 1.89 bits per heavy atom. The number of allylic oxidation sites excluding steroid dienone is 1. The van der Waals surface area contributed by atoms with Crippen molar-refractivity contribution in [2.24, 2.45) is 17.8 Å². The maximum atomic E-state index is 14.2. The molecule has 2 saturated carbocycles. The second-order valence-corrected chi connectivity index (χ2v) is 9.53. The zero-order chi connectivity index (χ0) is 25.8. The van der Waals surface area contributed by atoms with E-state index < -0.39 is 35.5 Å². The molecule has 2 fully saturated rings. The van der Waals surface area contributed by atoms with Gasteiger partial charge in [0.05, 0.1) is 11.7 Å². The van der Waals surface area contributed by atoms with Crippen molar-refractivity contribution < 1.29 is 44.6 Å². The summed E-state index contributed by atoms with van der Waals surface area (Å²) in [6, 6.07) is 1.00. The van der Waals surface area contributed by atoms with Crippen molar-refractivity contribution >= 4 is 6.08 Å². The van der Waals surface area contributed by atoms with Crippen molar-refractivity contribution in [3.05, 3.63) is 41.0 Å². The van der Waals surface area contributed by atoms with E-state index in [9.17, 15) is 35.1 Å². The normalized spacial score (nSPS) is 27.3. The minimum Gasteiger partial charge on any atom is -0.359 e. The van der Waals surface area contributed by atoms with Crippen LogP contribution in [0.3, 0.4) is 0 Å². The molecule has 1 aromatic rings. The molecule has 0 amide bonds. The zero-order valence-electron chi connectivity index (χ0n) is 19.4. The minimum atomic E-state index is -5.96. The monoisotopic (exact) mass is 514 g/mol. The summed E-state index contributed by atoms with van der Waals surface area (Å²) in [5.41, 5.74) is -2.33. The fourth-order valence-electron chi connectivity index (χ4n) is 5.29. The predicted octanol–water partition coefficient (Wildman–Crippen LogP) is 7.96. The van der Waals surface area contributed by atoms with E-state index in [1.807, 2.05) is 0 Å². The van der Waals surface area contributed by atoms with E-state index in [2.05, 4.69) is 0 Å². The lowest BCUT2D eigenvalue weighted by molar-refractivity contribution is -0.249. The van der Waals surface area contributed by atoms with Gasteiger partial charge in [0.15, 0.2) is 0 Å². The van der Waals surface area contributed by atoms with E-state index in [0.29, 0.717) is 30.8 Å². The van der Waals surface area contributed by atoms with Crippen LogP contribution >= 0.6 is 0 Å². The summed E-state index contributed by atoms with van der Waals surface area (Å²) < 4.78 is 117. The second-order valence-electron chi connectivity index (χ2n) is 9.53. The van der Waals surface area contributed by atoms with Crippen LogP contribution in [-0.4, -0.2) is 32.4 Å². The Kier molecular flexibility index (Phi) is 9.23. The molecule has 0 N–H and O–H groups in total. The van der Waals surface area contributed by atoms with Crippen LogP contribution in [0.1, 0.15) is 62.5 Å². The topological polar surface area (TPSA) is 18.5 Å². The Labute approximate surface area is 199 Å². The van der Waals surface area contributed by atoms with E-state index in [-0.39, 0.29) is 17.6 Å². The molecule has 0 aromatic heterocycles. The van der Waals surface area contributed by atoms with Crippen molar-refractivity contribution in [1.29, 1.82) is 0 Å². The molecule has 2 aliphatic rings. The van der Waals surface area contributed by atoms with Crippen LogP contribution in [0.25, 0.3) is 6.08 Å². The first-order valence-electron chi connectivity index (χ1n) is 11.8.